The first-order valence-electron chi connectivity index (χ1n) is 5.48. The fraction of sp³-hybridized carbons (Fsp3) is 0.385. The summed E-state index contributed by atoms with van der Waals surface area (Å²) in [6, 6.07) is 3.67. The minimum Gasteiger partial charge on any atom is -0.317 e. The van der Waals surface area contributed by atoms with Crippen LogP contribution in [0.1, 0.15) is 25.8 Å². The van der Waals surface area contributed by atoms with E-state index < -0.39 is 11.6 Å². The number of rotatable bonds is 5. The molecule has 3 heteroatoms. The maximum absolute atomic E-state index is 13.4. The van der Waals surface area contributed by atoms with Crippen molar-refractivity contribution in [2.24, 2.45) is 0 Å². The van der Waals surface area contributed by atoms with Gasteiger partial charge in [-0.3, -0.25) is 0 Å². The van der Waals surface area contributed by atoms with Crippen LogP contribution < -0.4 is 5.32 Å². The normalized spacial score (nSPS) is 11.9. The monoisotopic (exact) mass is 225 g/mol. The van der Waals surface area contributed by atoms with Crippen LogP contribution in [0.4, 0.5) is 8.78 Å². The molecule has 1 aromatic carbocycles. The highest BCUT2D eigenvalue weighted by molar-refractivity contribution is 5.64. The number of hydrogen-bond acceptors (Lipinski definition) is 1. The molecule has 0 unspecified atom stereocenters. The molecule has 0 saturated heterocycles. The van der Waals surface area contributed by atoms with Crippen LogP contribution in [-0.2, 0) is 0 Å². The van der Waals surface area contributed by atoms with Gasteiger partial charge in [0, 0.05) is 11.6 Å². The standard InChI is InChI=1S/C13H17F2N/c1-3-16-8-4-5-10(2)12-7-6-11(14)9-13(12)15/h5-7,9,16H,3-4,8H2,1-2H3. The van der Waals surface area contributed by atoms with E-state index in [1.807, 2.05) is 19.9 Å². The van der Waals surface area contributed by atoms with Gasteiger partial charge in [-0.15, -0.1) is 0 Å². The Labute approximate surface area is 95.2 Å². The van der Waals surface area contributed by atoms with E-state index in [9.17, 15) is 8.78 Å². The van der Waals surface area contributed by atoms with Crippen LogP contribution in [0.15, 0.2) is 24.3 Å². The molecule has 0 bridgehead atoms. The Hall–Kier alpha value is -1.22. The molecule has 0 heterocycles. The van der Waals surface area contributed by atoms with Gasteiger partial charge >= 0.3 is 0 Å². The van der Waals surface area contributed by atoms with Crippen LogP contribution in [0.3, 0.4) is 0 Å². The molecule has 0 aliphatic carbocycles. The molecular formula is C13H17F2N. The van der Waals surface area contributed by atoms with Crippen molar-refractivity contribution in [3.8, 4) is 0 Å². The van der Waals surface area contributed by atoms with E-state index in [4.69, 9.17) is 0 Å². The van der Waals surface area contributed by atoms with Crippen molar-refractivity contribution in [2.75, 3.05) is 13.1 Å². The topological polar surface area (TPSA) is 12.0 Å². The van der Waals surface area contributed by atoms with E-state index in [0.717, 1.165) is 31.1 Å². The number of nitrogens with one attached hydrogen (secondary N) is 1. The summed E-state index contributed by atoms with van der Waals surface area (Å²) in [6.45, 7) is 5.67. The summed E-state index contributed by atoms with van der Waals surface area (Å²) in [4.78, 5) is 0. The molecule has 0 aliphatic heterocycles. The fourth-order valence-corrected chi connectivity index (χ4v) is 1.49. The van der Waals surface area contributed by atoms with E-state index >= 15 is 0 Å². The van der Waals surface area contributed by atoms with E-state index in [1.165, 1.54) is 12.1 Å². The lowest BCUT2D eigenvalue weighted by atomic mass is 10.1. The summed E-state index contributed by atoms with van der Waals surface area (Å²) in [5.41, 5.74) is 1.31. The summed E-state index contributed by atoms with van der Waals surface area (Å²) in [5, 5.41) is 3.18. The van der Waals surface area contributed by atoms with Gasteiger partial charge in [0.25, 0.3) is 0 Å². The molecule has 0 saturated carbocycles. The van der Waals surface area contributed by atoms with Crippen LogP contribution in [0.2, 0.25) is 0 Å². The van der Waals surface area contributed by atoms with Gasteiger partial charge in [-0.25, -0.2) is 8.78 Å². The maximum atomic E-state index is 13.4. The van der Waals surface area contributed by atoms with E-state index in [0.29, 0.717) is 5.56 Å². The molecule has 0 aromatic heterocycles. The molecule has 1 rings (SSSR count). The molecule has 1 N–H and O–H groups in total. The summed E-state index contributed by atoms with van der Waals surface area (Å²) in [5.74, 6) is -1.04. The third-order valence-corrected chi connectivity index (χ3v) is 2.38. The molecule has 1 nitrogen and oxygen atoms in total. The minimum atomic E-state index is -0.540. The minimum absolute atomic E-state index is 0.470. The largest absolute Gasteiger partial charge is 0.317 e. The third kappa shape index (κ3) is 3.74. The second kappa shape index (κ2) is 6.38. The van der Waals surface area contributed by atoms with Crippen molar-refractivity contribution in [1.82, 2.24) is 5.32 Å². The van der Waals surface area contributed by atoms with Crippen molar-refractivity contribution in [3.63, 3.8) is 0 Å². The van der Waals surface area contributed by atoms with Gasteiger partial charge < -0.3 is 5.32 Å². The van der Waals surface area contributed by atoms with Crippen molar-refractivity contribution >= 4 is 5.57 Å². The first-order chi connectivity index (χ1) is 7.65. The second-order valence-corrected chi connectivity index (χ2v) is 3.65. The SMILES string of the molecule is CCNCCC=C(C)c1ccc(F)cc1F. The molecular weight excluding hydrogens is 208 g/mol. The van der Waals surface area contributed by atoms with E-state index in [2.05, 4.69) is 5.32 Å². The molecule has 0 amide bonds. The van der Waals surface area contributed by atoms with Crippen LogP contribution in [0.25, 0.3) is 5.57 Å². The van der Waals surface area contributed by atoms with Crippen LogP contribution in [0.5, 0.6) is 0 Å². The fourth-order valence-electron chi connectivity index (χ4n) is 1.49. The van der Waals surface area contributed by atoms with Gasteiger partial charge in [-0.2, -0.15) is 0 Å². The Bertz CT molecular complexity index is 372. The lowest BCUT2D eigenvalue weighted by Gasteiger charge is -2.04. The van der Waals surface area contributed by atoms with Crippen molar-refractivity contribution in [3.05, 3.63) is 41.5 Å². The average Bonchev–Trinajstić information content (AvgIpc) is 2.24. The molecule has 88 valence electrons. The van der Waals surface area contributed by atoms with Crippen molar-refractivity contribution in [2.45, 2.75) is 20.3 Å². The Morgan fingerprint density at radius 3 is 2.75 bits per heavy atom. The van der Waals surface area contributed by atoms with Crippen LogP contribution in [0, 0.1) is 11.6 Å². The summed E-state index contributed by atoms with van der Waals surface area (Å²) in [6.07, 6.45) is 2.80. The highest BCUT2D eigenvalue weighted by Gasteiger charge is 2.04. The molecule has 0 atom stereocenters. The van der Waals surface area contributed by atoms with Gasteiger partial charge in [0.15, 0.2) is 0 Å². The number of benzene rings is 1. The van der Waals surface area contributed by atoms with Gasteiger partial charge in [0.05, 0.1) is 0 Å². The molecule has 0 radical (unpaired) electrons. The molecule has 0 aliphatic rings. The van der Waals surface area contributed by atoms with Crippen molar-refractivity contribution in [1.29, 1.82) is 0 Å². The molecule has 0 spiro atoms. The number of hydrogen-bond donors (Lipinski definition) is 1. The summed E-state index contributed by atoms with van der Waals surface area (Å²) in [7, 11) is 0. The smallest absolute Gasteiger partial charge is 0.133 e. The maximum Gasteiger partial charge on any atom is 0.133 e. The third-order valence-electron chi connectivity index (χ3n) is 2.38. The zero-order chi connectivity index (χ0) is 12.0. The lowest BCUT2D eigenvalue weighted by molar-refractivity contribution is 0.581. The second-order valence-electron chi connectivity index (χ2n) is 3.65. The van der Waals surface area contributed by atoms with Crippen molar-refractivity contribution < 1.29 is 8.78 Å². The average molecular weight is 225 g/mol. The van der Waals surface area contributed by atoms with Gasteiger partial charge in [-0.05, 0) is 44.1 Å². The predicted octanol–water partition coefficient (Wildman–Crippen LogP) is 3.37. The Balaban J connectivity index is 2.68. The first-order valence-corrected chi connectivity index (χ1v) is 5.48. The van der Waals surface area contributed by atoms with E-state index in [1.54, 1.807) is 0 Å². The highest BCUT2D eigenvalue weighted by Crippen LogP contribution is 2.18. The number of halogens is 2. The Morgan fingerprint density at radius 1 is 1.38 bits per heavy atom. The number of allylic oxidation sites excluding steroid dienone is 1. The van der Waals surface area contributed by atoms with Gasteiger partial charge in [0.1, 0.15) is 11.6 Å². The zero-order valence-electron chi connectivity index (χ0n) is 9.69. The first kappa shape index (κ1) is 12.8. The highest BCUT2D eigenvalue weighted by atomic mass is 19.1. The molecule has 0 fully saturated rings. The zero-order valence-corrected chi connectivity index (χ0v) is 9.69. The Morgan fingerprint density at radius 2 is 2.12 bits per heavy atom. The Kier molecular flexibility index (Phi) is 5.12. The lowest BCUT2D eigenvalue weighted by Crippen LogP contribution is -2.13. The molecule has 1 aromatic rings. The predicted molar refractivity (Wildman–Crippen MR) is 63.2 cm³/mol. The quantitative estimate of drug-likeness (QED) is 0.758. The van der Waals surface area contributed by atoms with Crippen LogP contribution in [-0.4, -0.2) is 13.1 Å². The van der Waals surface area contributed by atoms with Crippen LogP contribution >= 0.6 is 0 Å². The summed E-state index contributed by atoms with van der Waals surface area (Å²) < 4.78 is 26.1. The van der Waals surface area contributed by atoms with Gasteiger partial charge in [-0.1, -0.05) is 13.0 Å². The van der Waals surface area contributed by atoms with E-state index in [-0.39, 0.29) is 0 Å². The molecule has 16 heavy (non-hydrogen) atoms. The summed E-state index contributed by atoms with van der Waals surface area (Å²) >= 11 is 0. The van der Waals surface area contributed by atoms with Gasteiger partial charge in [0.2, 0.25) is 0 Å².